The second-order valence-electron chi connectivity index (χ2n) is 4.52. The number of rotatable bonds is 5. The van der Waals surface area contributed by atoms with Crippen LogP contribution in [0.1, 0.15) is 25.8 Å². The molecule has 0 fully saturated rings. The van der Waals surface area contributed by atoms with Crippen molar-refractivity contribution in [1.82, 2.24) is 5.32 Å². The first-order chi connectivity index (χ1) is 8.78. The SMILES string of the molecule is CCC(C)(NC(=O)Cc1ccc(Cl)c(Cl)c1)C(N)=S. The van der Waals surface area contributed by atoms with Gasteiger partial charge in [0.2, 0.25) is 5.91 Å². The zero-order valence-corrected chi connectivity index (χ0v) is 13.1. The van der Waals surface area contributed by atoms with E-state index in [-0.39, 0.29) is 17.3 Å². The third-order valence-corrected chi connectivity index (χ3v) is 4.20. The predicted molar refractivity (Wildman–Crippen MR) is 83.8 cm³/mol. The summed E-state index contributed by atoms with van der Waals surface area (Å²) in [6.07, 6.45) is 0.838. The minimum atomic E-state index is -0.664. The molecule has 1 aromatic rings. The van der Waals surface area contributed by atoms with Gasteiger partial charge in [-0.25, -0.2) is 0 Å². The summed E-state index contributed by atoms with van der Waals surface area (Å²) in [5.74, 6) is -0.157. The average molecular weight is 319 g/mol. The summed E-state index contributed by atoms with van der Waals surface area (Å²) in [6.45, 7) is 3.72. The second-order valence-corrected chi connectivity index (χ2v) is 5.78. The molecular formula is C13H16Cl2N2OS. The highest BCUT2D eigenvalue weighted by atomic mass is 35.5. The molecule has 0 aliphatic heterocycles. The van der Waals surface area contributed by atoms with Crippen molar-refractivity contribution in [3.05, 3.63) is 33.8 Å². The Morgan fingerprint density at radius 1 is 1.42 bits per heavy atom. The molecule has 104 valence electrons. The van der Waals surface area contributed by atoms with Gasteiger partial charge < -0.3 is 11.1 Å². The van der Waals surface area contributed by atoms with Gasteiger partial charge in [0.15, 0.2) is 0 Å². The lowest BCUT2D eigenvalue weighted by molar-refractivity contribution is -0.121. The Bertz CT molecular complexity index is 507. The number of benzene rings is 1. The monoisotopic (exact) mass is 318 g/mol. The van der Waals surface area contributed by atoms with Crippen LogP contribution in [0, 0.1) is 0 Å². The van der Waals surface area contributed by atoms with Crippen molar-refractivity contribution in [2.45, 2.75) is 32.2 Å². The van der Waals surface area contributed by atoms with Gasteiger partial charge in [-0.1, -0.05) is 48.4 Å². The van der Waals surface area contributed by atoms with Gasteiger partial charge >= 0.3 is 0 Å². The standard InChI is InChI=1S/C13H16Cl2N2OS/c1-3-13(2,12(16)19)17-11(18)7-8-4-5-9(14)10(15)6-8/h4-6H,3,7H2,1-2H3,(H2,16,19)(H,17,18). The van der Waals surface area contributed by atoms with Crippen LogP contribution in [0.3, 0.4) is 0 Å². The average Bonchev–Trinajstić information content (AvgIpc) is 2.33. The summed E-state index contributed by atoms with van der Waals surface area (Å²) in [7, 11) is 0. The van der Waals surface area contributed by atoms with E-state index in [1.807, 2.05) is 13.8 Å². The molecule has 1 rings (SSSR count). The molecular weight excluding hydrogens is 303 g/mol. The maximum absolute atomic E-state index is 12.0. The molecule has 0 bridgehead atoms. The van der Waals surface area contributed by atoms with Crippen LogP contribution in [0.25, 0.3) is 0 Å². The van der Waals surface area contributed by atoms with Crippen molar-refractivity contribution >= 4 is 46.3 Å². The molecule has 0 saturated heterocycles. The van der Waals surface area contributed by atoms with Gasteiger partial charge in [-0.15, -0.1) is 0 Å². The van der Waals surface area contributed by atoms with E-state index in [0.29, 0.717) is 16.5 Å². The summed E-state index contributed by atoms with van der Waals surface area (Å²) in [4.78, 5) is 12.3. The van der Waals surface area contributed by atoms with E-state index in [1.165, 1.54) is 0 Å². The van der Waals surface area contributed by atoms with Crippen LogP contribution in [0.4, 0.5) is 0 Å². The van der Waals surface area contributed by atoms with Crippen molar-refractivity contribution in [3.63, 3.8) is 0 Å². The first-order valence-corrected chi connectivity index (χ1v) is 6.99. The lowest BCUT2D eigenvalue weighted by atomic mass is 9.98. The van der Waals surface area contributed by atoms with E-state index in [2.05, 4.69) is 5.32 Å². The number of carbonyl (C=O) groups is 1. The van der Waals surface area contributed by atoms with Crippen molar-refractivity contribution in [2.24, 2.45) is 5.73 Å². The number of nitrogens with two attached hydrogens (primary N) is 1. The summed E-state index contributed by atoms with van der Waals surface area (Å²) >= 11 is 16.7. The maximum Gasteiger partial charge on any atom is 0.225 e. The summed E-state index contributed by atoms with van der Waals surface area (Å²) < 4.78 is 0. The fourth-order valence-electron chi connectivity index (χ4n) is 1.51. The zero-order valence-electron chi connectivity index (χ0n) is 10.8. The van der Waals surface area contributed by atoms with Crippen LogP contribution < -0.4 is 11.1 Å². The predicted octanol–water partition coefficient (Wildman–Crippen LogP) is 3.11. The van der Waals surface area contributed by atoms with Crippen LogP contribution in [0.15, 0.2) is 18.2 Å². The van der Waals surface area contributed by atoms with Gasteiger partial charge in [0.25, 0.3) is 0 Å². The second kappa shape index (κ2) is 6.55. The number of thiocarbonyl (C=S) groups is 1. The Balaban J connectivity index is 2.75. The highest BCUT2D eigenvalue weighted by molar-refractivity contribution is 7.80. The highest BCUT2D eigenvalue weighted by Crippen LogP contribution is 2.23. The van der Waals surface area contributed by atoms with Crippen LogP contribution in [-0.4, -0.2) is 16.4 Å². The number of carbonyl (C=O) groups excluding carboxylic acids is 1. The minimum absolute atomic E-state index is 0.157. The Kier molecular flexibility index (Phi) is 5.59. The molecule has 3 N–H and O–H groups in total. The minimum Gasteiger partial charge on any atom is -0.391 e. The van der Waals surface area contributed by atoms with Crippen molar-refractivity contribution in [3.8, 4) is 0 Å². The number of hydrogen-bond donors (Lipinski definition) is 2. The molecule has 0 aliphatic carbocycles. The number of amides is 1. The molecule has 0 saturated carbocycles. The first kappa shape index (κ1) is 16.2. The van der Waals surface area contributed by atoms with Crippen LogP contribution in [0.5, 0.6) is 0 Å². The molecule has 1 aromatic carbocycles. The number of hydrogen-bond acceptors (Lipinski definition) is 2. The van der Waals surface area contributed by atoms with Gasteiger partial charge in [0.1, 0.15) is 0 Å². The van der Waals surface area contributed by atoms with Crippen LogP contribution in [-0.2, 0) is 11.2 Å². The zero-order chi connectivity index (χ0) is 14.6. The fraction of sp³-hybridized carbons (Fsp3) is 0.385. The smallest absolute Gasteiger partial charge is 0.225 e. The lowest BCUT2D eigenvalue weighted by Crippen LogP contribution is -2.54. The van der Waals surface area contributed by atoms with Crippen molar-refractivity contribution in [1.29, 1.82) is 0 Å². The summed E-state index contributed by atoms with van der Waals surface area (Å²) in [6, 6.07) is 5.10. The quantitative estimate of drug-likeness (QED) is 0.820. The van der Waals surface area contributed by atoms with Crippen molar-refractivity contribution < 1.29 is 4.79 Å². The van der Waals surface area contributed by atoms with Gasteiger partial charge in [-0.05, 0) is 31.0 Å². The van der Waals surface area contributed by atoms with Gasteiger partial charge in [-0.2, -0.15) is 0 Å². The Morgan fingerprint density at radius 3 is 2.53 bits per heavy atom. The highest BCUT2D eigenvalue weighted by Gasteiger charge is 2.27. The topological polar surface area (TPSA) is 55.1 Å². The lowest BCUT2D eigenvalue weighted by Gasteiger charge is -2.28. The van der Waals surface area contributed by atoms with Crippen molar-refractivity contribution in [2.75, 3.05) is 0 Å². The number of nitrogens with one attached hydrogen (secondary N) is 1. The van der Waals surface area contributed by atoms with E-state index in [4.69, 9.17) is 41.2 Å². The molecule has 0 spiro atoms. The molecule has 0 radical (unpaired) electrons. The Morgan fingerprint density at radius 2 is 2.05 bits per heavy atom. The molecule has 1 amide bonds. The Hall–Kier alpha value is -0.840. The summed E-state index contributed by atoms with van der Waals surface area (Å²) in [5.41, 5.74) is 5.77. The van der Waals surface area contributed by atoms with Gasteiger partial charge in [-0.3, -0.25) is 4.79 Å². The third-order valence-electron chi connectivity index (χ3n) is 3.01. The molecule has 1 unspecified atom stereocenters. The van der Waals surface area contributed by atoms with E-state index in [9.17, 15) is 4.79 Å². The van der Waals surface area contributed by atoms with Crippen LogP contribution in [0.2, 0.25) is 10.0 Å². The third kappa shape index (κ3) is 4.34. The van der Waals surface area contributed by atoms with E-state index < -0.39 is 5.54 Å². The molecule has 1 atom stereocenters. The summed E-state index contributed by atoms with van der Waals surface area (Å²) in [5, 5.41) is 3.74. The molecule has 6 heteroatoms. The van der Waals surface area contributed by atoms with Gasteiger partial charge in [0, 0.05) is 0 Å². The molecule has 0 aromatic heterocycles. The normalized spacial score (nSPS) is 13.7. The van der Waals surface area contributed by atoms with Crippen LogP contribution >= 0.6 is 35.4 Å². The fourth-order valence-corrected chi connectivity index (χ4v) is 2.03. The maximum atomic E-state index is 12.0. The van der Waals surface area contributed by atoms with Gasteiger partial charge in [0.05, 0.1) is 27.0 Å². The molecule has 0 heterocycles. The number of halogens is 2. The Labute approximate surface area is 128 Å². The molecule has 0 aliphatic rings. The van der Waals surface area contributed by atoms with E-state index in [0.717, 1.165) is 5.56 Å². The molecule has 3 nitrogen and oxygen atoms in total. The van der Waals surface area contributed by atoms with E-state index >= 15 is 0 Å². The van der Waals surface area contributed by atoms with E-state index in [1.54, 1.807) is 18.2 Å². The molecule has 19 heavy (non-hydrogen) atoms. The first-order valence-electron chi connectivity index (χ1n) is 5.83. The largest absolute Gasteiger partial charge is 0.391 e.